The maximum absolute atomic E-state index is 10.4. The molecule has 240 valence electrons. The highest BCUT2D eigenvalue weighted by molar-refractivity contribution is 5.76. The zero-order valence-electron chi connectivity index (χ0n) is 28.7. The second-order valence-corrected chi connectivity index (χ2v) is 12.9. The third kappa shape index (κ3) is 44.9. The molecule has 0 unspecified atom stereocenters. The van der Waals surface area contributed by atoms with Crippen molar-refractivity contribution in [1.82, 2.24) is 0 Å². The Morgan fingerprint density at radius 3 is 1.56 bits per heavy atom. The van der Waals surface area contributed by atoms with Gasteiger partial charge in [-0.1, -0.05) is 117 Å². The number of nitrogens with two attached hydrogens (primary N) is 3. The molecule has 0 saturated heterocycles. The number of nitrogens with zero attached hydrogens (tertiary/aromatic N) is 1. The van der Waals surface area contributed by atoms with E-state index < -0.39 is 0 Å². The first-order chi connectivity index (χ1) is 19.1. The molecule has 0 atom stereocenters. The maximum atomic E-state index is 10.4. The van der Waals surface area contributed by atoms with Crippen LogP contribution < -0.4 is 17.2 Å². The van der Waals surface area contributed by atoms with E-state index in [1.54, 1.807) is 6.92 Å². The lowest BCUT2D eigenvalue weighted by Crippen LogP contribution is -2.22. The van der Waals surface area contributed by atoms with E-state index >= 15 is 0 Å². The number of amidine groups is 1. The monoisotopic (exact) mass is 576 g/mol. The number of nitrogens with one attached hydrogen (secondary N) is 1. The molecule has 0 saturated carbocycles. The minimum atomic E-state index is 0.203. The Labute approximate surface area is 255 Å². The molecule has 0 aliphatic carbocycles. The lowest BCUT2D eigenvalue weighted by Gasteiger charge is -2.04. The van der Waals surface area contributed by atoms with Crippen LogP contribution in [0.4, 0.5) is 0 Å². The molecule has 41 heavy (non-hydrogen) atoms. The second-order valence-electron chi connectivity index (χ2n) is 12.9. The summed E-state index contributed by atoms with van der Waals surface area (Å²) in [5.41, 5.74) is 18.3. The van der Waals surface area contributed by atoms with Crippen molar-refractivity contribution in [2.45, 2.75) is 140 Å². The summed E-state index contributed by atoms with van der Waals surface area (Å²) in [4.78, 5) is 14.3. The number of carbonyl (C=O) groups excluding carboxylic acids is 1. The topological polar surface area (TPSA) is 131 Å². The minimum Gasteiger partial charge on any atom is -0.388 e. The van der Waals surface area contributed by atoms with Crippen LogP contribution in [0.5, 0.6) is 0 Å². The fourth-order valence-corrected chi connectivity index (χ4v) is 3.70. The number of hydrogen-bond acceptors (Lipinski definition) is 3. The number of guanidine groups is 1. The van der Waals surface area contributed by atoms with Crippen molar-refractivity contribution in [3.05, 3.63) is 35.4 Å². The van der Waals surface area contributed by atoms with Crippen molar-refractivity contribution in [2.75, 3.05) is 6.54 Å². The van der Waals surface area contributed by atoms with E-state index in [4.69, 9.17) is 22.6 Å². The highest BCUT2D eigenvalue weighted by atomic mass is 16.1. The Hall–Kier alpha value is -2.37. The molecule has 1 aromatic carbocycles. The molecule has 0 fully saturated rings. The number of hydrogen-bond donors (Lipinski definition) is 4. The smallest absolute Gasteiger partial charge is 0.185 e. The van der Waals surface area contributed by atoms with Crippen molar-refractivity contribution >= 4 is 17.6 Å². The number of ketones is 1. The molecule has 0 heterocycles. The van der Waals surface area contributed by atoms with Gasteiger partial charge in [0.1, 0.15) is 5.78 Å². The number of aryl methyl sites for hydroxylation is 1. The Morgan fingerprint density at radius 1 is 0.707 bits per heavy atom. The average Bonchev–Trinajstić information content (AvgIpc) is 2.83. The molecule has 1 rings (SSSR count). The van der Waals surface area contributed by atoms with Crippen LogP contribution in [0.1, 0.15) is 138 Å². The van der Waals surface area contributed by atoms with E-state index in [0.29, 0.717) is 11.6 Å². The van der Waals surface area contributed by atoms with Crippen LogP contribution in [0.2, 0.25) is 0 Å². The van der Waals surface area contributed by atoms with Gasteiger partial charge in [-0.15, -0.1) is 0 Å². The standard InChI is InChI=1S/C11H16.C8H19N3.C8H18N2.C8H16O/c1-9(2)8-11-6-4-10(3)5-7-11;1-7(2)5-3-4-6-11-8(9)10;1-7(2)5-3-4-6-8(9)10;1-7(2)5-4-6-8(3)9/h4-7,9H,8H2,1-3H3;7H,3-6H2,1-2H3,(H4,9,10,11);7H,3-6H2,1-2H3,(H3,9,10);7H,4-6H2,1-3H3. The van der Waals surface area contributed by atoms with Crippen molar-refractivity contribution in [3.63, 3.8) is 0 Å². The van der Waals surface area contributed by atoms with Gasteiger partial charge in [-0.2, -0.15) is 0 Å². The van der Waals surface area contributed by atoms with Crippen LogP contribution in [0.25, 0.3) is 0 Å². The quantitative estimate of drug-likeness (QED) is 0.0890. The zero-order valence-corrected chi connectivity index (χ0v) is 28.7. The predicted molar refractivity (Wildman–Crippen MR) is 184 cm³/mol. The van der Waals surface area contributed by atoms with Gasteiger partial charge in [0.05, 0.1) is 5.84 Å². The van der Waals surface area contributed by atoms with Gasteiger partial charge >= 0.3 is 0 Å². The Kier molecular flexibility index (Phi) is 30.6. The molecular formula is C35H69N5O. The number of carbonyl (C=O) groups is 1. The number of rotatable bonds is 16. The summed E-state index contributed by atoms with van der Waals surface area (Å²) in [6, 6.07) is 8.79. The van der Waals surface area contributed by atoms with E-state index in [1.165, 1.54) is 49.7 Å². The van der Waals surface area contributed by atoms with Gasteiger partial charge in [0.2, 0.25) is 0 Å². The molecule has 6 heteroatoms. The Bertz CT molecular complexity index is 763. The molecule has 0 aliphatic heterocycles. The summed E-state index contributed by atoms with van der Waals surface area (Å²) < 4.78 is 0. The average molecular weight is 576 g/mol. The Balaban J connectivity index is -0.000000471. The third-order valence-electron chi connectivity index (χ3n) is 6.04. The summed E-state index contributed by atoms with van der Waals surface area (Å²) in [5, 5.41) is 6.96. The molecule has 0 aromatic heterocycles. The molecular weight excluding hydrogens is 506 g/mol. The maximum Gasteiger partial charge on any atom is 0.185 e. The van der Waals surface area contributed by atoms with Gasteiger partial charge in [0.25, 0.3) is 0 Å². The Morgan fingerprint density at radius 2 is 1.17 bits per heavy atom. The van der Waals surface area contributed by atoms with Gasteiger partial charge in [0.15, 0.2) is 5.96 Å². The van der Waals surface area contributed by atoms with Crippen molar-refractivity contribution in [1.29, 1.82) is 5.41 Å². The second kappa shape index (κ2) is 29.1. The minimum absolute atomic E-state index is 0.203. The first-order valence-electron chi connectivity index (χ1n) is 16.0. The SMILES string of the molecule is CC(=O)CCCC(C)C.CC(C)CCCCC(=N)N.CC(C)CCCCN=C(N)N.Cc1ccc(CC(C)C)cc1. The molecule has 0 amide bonds. The summed E-state index contributed by atoms with van der Waals surface area (Å²) >= 11 is 0. The first-order valence-corrected chi connectivity index (χ1v) is 16.0. The van der Waals surface area contributed by atoms with E-state index in [9.17, 15) is 4.79 Å². The summed E-state index contributed by atoms with van der Waals surface area (Å²) in [5.74, 6) is 3.91. The van der Waals surface area contributed by atoms with Gasteiger partial charge in [-0.25, -0.2) is 0 Å². The molecule has 0 radical (unpaired) electrons. The summed E-state index contributed by atoms with van der Waals surface area (Å²) in [7, 11) is 0. The van der Waals surface area contributed by atoms with E-state index in [1.807, 2.05) is 0 Å². The van der Waals surface area contributed by atoms with Crippen LogP contribution in [0, 0.1) is 36.0 Å². The number of aliphatic imine (C=N–C) groups is 1. The highest BCUT2D eigenvalue weighted by Gasteiger charge is 1.97. The van der Waals surface area contributed by atoms with Gasteiger partial charge in [-0.3, -0.25) is 10.4 Å². The van der Waals surface area contributed by atoms with Gasteiger partial charge in [-0.05, 0) is 68.8 Å². The van der Waals surface area contributed by atoms with Gasteiger partial charge in [0, 0.05) is 19.4 Å². The van der Waals surface area contributed by atoms with Gasteiger partial charge < -0.3 is 22.0 Å². The number of unbranched alkanes of at least 4 members (excludes halogenated alkanes) is 2. The highest BCUT2D eigenvalue weighted by Crippen LogP contribution is 2.09. The molecule has 7 N–H and O–H groups in total. The van der Waals surface area contributed by atoms with Crippen LogP contribution in [0.15, 0.2) is 29.3 Å². The van der Waals surface area contributed by atoms with Crippen molar-refractivity contribution in [3.8, 4) is 0 Å². The van der Waals surface area contributed by atoms with Crippen LogP contribution in [-0.2, 0) is 11.2 Å². The fourth-order valence-electron chi connectivity index (χ4n) is 3.70. The number of benzene rings is 1. The largest absolute Gasteiger partial charge is 0.388 e. The lowest BCUT2D eigenvalue weighted by atomic mass is 10.0. The molecule has 0 spiro atoms. The summed E-state index contributed by atoms with van der Waals surface area (Å²) in [6.45, 7) is 22.3. The zero-order chi connectivity index (χ0) is 32.2. The van der Waals surface area contributed by atoms with Crippen LogP contribution in [-0.4, -0.2) is 24.1 Å². The molecule has 1 aromatic rings. The van der Waals surface area contributed by atoms with E-state index in [0.717, 1.165) is 62.3 Å². The normalized spacial score (nSPS) is 10.3. The molecule has 0 bridgehead atoms. The van der Waals surface area contributed by atoms with Crippen molar-refractivity contribution in [2.24, 2.45) is 45.9 Å². The van der Waals surface area contributed by atoms with E-state index in [-0.39, 0.29) is 5.96 Å². The summed E-state index contributed by atoms with van der Waals surface area (Å²) in [6.07, 6.45) is 12.1. The van der Waals surface area contributed by atoms with Crippen molar-refractivity contribution < 1.29 is 4.79 Å². The molecule has 6 nitrogen and oxygen atoms in total. The lowest BCUT2D eigenvalue weighted by molar-refractivity contribution is -0.117. The van der Waals surface area contributed by atoms with Crippen LogP contribution in [0.3, 0.4) is 0 Å². The first kappa shape index (κ1) is 43.1. The van der Waals surface area contributed by atoms with E-state index in [2.05, 4.69) is 91.6 Å². The fraction of sp³-hybridized carbons (Fsp3) is 0.743. The predicted octanol–water partition coefficient (Wildman–Crippen LogP) is 8.82. The third-order valence-corrected chi connectivity index (χ3v) is 6.04. The molecule has 0 aliphatic rings. The number of Topliss-reactive ketones (excluding diaryl/α,β-unsaturated/α-hetero) is 1. The van der Waals surface area contributed by atoms with Crippen LogP contribution >= 0.6 is 0 Å².